The lowest BCUT2D eigenvalue weighted by molar-refractivity contribution is -1.11. The third-order valence-electron chi connectivity index (χ3n) is 9.35. The highest BCUT2D eigenvalue weighted by Gasteiger charge is 2.36. The number of rotatable bonds is 14. The Bertz CT molecular complexity index is 1540. The van der Waals surface area contributed by atoms with Crippen molar-refractivity contribution in [1.29, 1.82) is 0 Å². The van der Waals surface area contributed by atoms with Gasteiger partial charge in [-0.3, -0.25) is 4.79 Å². The molecule has 5 rings (SSSR count). The third kappa shape index (κ3) is 10.7. The summed E-state index contributed by atoms with van der Waals surface area (Å²) >= 11 is 0. The standard InChI is InChI=1S/C39H51N3O8/c1-39(2,3)50-38(46)40-33(24-27-9-5-4-6-10-27)34(43)26-30(37(45)41-36-32-12-8-7-11-29(32)25-35(36)44)23-28-13-15-31(16-14-28)49-22-19-42(47)17-20-48-21-18-42/h4-16,30,33-36,43-44,47H,17-26H2,1-3H3,(H-,40,41,45,46)/p+1/t30-,33+,34+,35-,36+/m1/s1. The number of hydroxylamine groups is 3. The largest absolute Gasteiger partial charge is 0.488 e. The number of carbonyl (C=O) groups excluding carboxylic acids is 2. The number of fused-ring (bicyclic) bond motifs is 1. The second kappa shape index (κ2) is 16.8. The topological polar surface area (TPSA) is 147 Å². The van der Waals surface area contributed by atoms with E-state index in [-0.39, 0.29) is 17.0 Å². The lowest BCUT2D eigenvalue weighted by atomic mass is 9.88. The first-order valence-electron chi connectivity index (χ1n) is 17.5. The lowest BCUT2D eigenvalue weighted by Crippen LogP contribution is -2.54. The maximum atomic E-state index is 14.1. The van der Waals surface area contributed by atoms with E-state index in [2.05, 4.69) is 10.6 Å². The number of nitrogens with one attached hydrogen (secondary N) is 2. The fourth-order valence-electron chi connectivity index (χ4n) is 6.61. The summed E-state index contributed by atoms with van der Waals surface area (Å²) in [5.74, 6) is -0.358. The van der Waals surface area contributed by atoms with Gasteiger partial charge in [-0.1, -0.05) is 66.7 Å². The van der Waals surface area contributed by atoms with Crippen LogP contribution in [0.3, 0.4) is 0 Å². The molecule has 5 atom stereocenters. The molecule has 50 heavy (non-hydrogen) atoms. The first kappa shape index (κ1) is 37.3. The van der Waals surface area contributed by atoms with Gasteiger partial charge in [-0.2, -0.15) is 4.65 Å². The Morgan fingerprint density at radius 3 is 2.30 bits per heavy atom. The Kier molecular flexibility index (Phi) is 12.5. The van der Waals surface area contributed by atoms with Crippen molar-refractivity contribution in [2.24, 2.45) is 5.92 Å². The van der Waals surface area contributed by atoms with Crippen molar-refractivity contribution in [3.05, 3.63) is 101 Å². The van der Waals surface area contributed by atoms with E-state index < -0.39 is 41.9 Å². The predicted octanol–water partition coefficient (Wildman–Crippen LogP) is 4.12. The average molecular weight is 691 g/mol. The number of nitrogens with zero attached hydrogens (tertiary/aromatic N) is 1. The van der Waals surface area contributed by atoms with Gasteiger partial charge in [-0.05, 0) is 74.4 Å². The summed E-state index contributed by atoms with van der Waals surface area (Å²) in [4.78, 5) is 27.0. The molecule has 0 bridgehead atoms. The van der Waals surface area contributed by atoms with Crippen molar-refractivity contribution < 1.29 is 43.9 Å². The van der Waals surface area contributed by atoms with Crippen LogP contribution in [0.1, 0.15) is 55.5 Å². The molecule has 3 aromatic rings. The van der Waals surface area contributed by atoms with Gasteiger partial charge in [0.25, 0.3) is 0 Å². The minimum atomic E-state index is -1.10. The van der Waals surface area contributed by atoms with E-state index in [0.29, 0.717) is 64.5 Å². The zero-order valence-electron chi connectivity index (χ0n) is 29.3. The Morgan fingerprint density at radius 2 is 1.60 bits per heavy atom. The fraction of sp³-hybridized carbons (Fsp3) is 0.487. The van der Waals surface area contributed by atoms with Gasteiger partial charge in [0.15, 0.2) is 0 Å². The van der Waals surface area contributed by atoms with E-state index in [4.69, 9.17) is 14.2 Å². The highest BCUT2D eigenvalue weighted by molar-refractivity contribution is 5.80. The quantitative estimate of drug-likeness (QED) is 0.159. The molecule has 11 nitrogen and oxygen atoms in total. The number of hydrogen-bond acceptors (Lipinski definition) is 8. The summed E-state index contributed by atoms with van der Waals surface area (Å²) in [6.45, 7) is 8.20. The molecule has 2 amide bonds. The molecule has 0 aromatic heterocycles. The number of benzene rings is 3. The van der Waals surface area contributed by atoms with Crippen LogP contribution in [0, 0.1) is 5.92 Å². The van der Waals surface area contributed by atoms with Gasteiger partial charge >= 0.3 is 6.09 Å². The second-order valence-electron chi connectivity index (χ2n) is 14.5. The summed E-state index contributed by atoms with van der Waals surface area (Å²) < 4.78 is 16.7. The Hall–Kier alpha value is -4.00. The molecule has 1 heterocycles. The van der Waals surface area contributed by atoms with Crippen LogP contribution < -0.4 is 15.4 Å². The van der Waals surface area contributed by atoms with E-state index >= 15 is 0 Å². The molecule has 0 saturated carbocycles. The van der Waals surface area contributed by atoms with Crippen LogP contribution in [0.15, 0.2) is 78.9 Å². The highest BCUT2D eigenvalue weighted by atomic mass is 16.6. The summed E-state index contributed by atoms with van der Waals surface area (Å²) in [6, 6.07) is 23.3. The molecule has 0 spiro atoms. The summed E-state index contributed by atoms with van der Waals surface area (Å²) in [6.07, 6.45) is -1.40. The molecule has 1 saturated heterocycles. The van der Waals surface area contributed by atoms with Crippen LogP contribution >= 0.6 is 0 Å². The molecule has 1 fully saturated rings. The minimum absolute atomic E-state index is 0.0437. The molecule has 0 unspecified atom stereocenters. The molecule has 2 aliphatic rings. The number of alkyl carbamates (subject to hydrolysis) is 1. The van der Waals surface area contributed by atoms with Crippen LogP contribution in [0.25, 0.3) is 0 Å². The number of aliphatic hydroxyl groups excluding tert-OH is 2. The van der Waals surface area contributed by atoms with Crippen LogP contribution in [0.4, 0.5) is 4.79 Å². The van der Waals surface area contributed by atoms with Gasteiger partial charge in [0.05, 0.1) is 37.5 Å². The smallest absolute Gasteiger partial charge is 0.407 e. The Labute approximate surface area is 294 Å². The summed E-state index contributed by atoms with van der Waals surface area (Å²) in [5, 5.41) is 39.2. The van der Waals surface area contributed by atoms with Gasteiger partial charge in [0, 0.05) is 12.3 Å². The van der Waals surface area contributed by atoms with E-state index in [1.807, 2.05) is 78.9 Å². The number of amides is 2. The van der Waals surface area contributed by atoms with E-state index in [1.165, 1.54) is 0 Å². The van der Waals surface area contributed by atoms with Gasteiger partial charge in [-0.15, -0.1) is 0 Å². The van der Waals surface area contributed by atoms with Crippen LogP contribution in [0.5, 0.6) is 5.75 Å². The van der Waals surface area contributed by atoms with Crippen LogP contribution in [-0.2, 0) is 33.5 Å². The molecule has 11 heteroatoms. The number of aliphatic hydroxyl groups is 2. The van der Waals surface area contributed by atoms with Crippen LogP contribution in [0.2, 0.25) is 0 Å². The maximum Gasteiger partial charge on any atom is 0.407 e. The number of morpholine rings is 1. The molecule has 1 aliphatic carbocycles. The first-order chi connectivity index (χ1) is 23.9. The van der Waals surface area contributed by atoms with Gasteiger partial charge in [0.1, 0.15) is 37.6 Å². The summed E-state index contributed by atoms with van der Waals surface area (Å²) in [5.41, 5.74) is 2.91. The Morgan fingerprint density at radius 1 is 0.940 bits per heavy atom. The zero-order chi connectivity index (χ0) is 35.7. The van der Waals surface area contributed by atoms with Crippen molar-refractivity contribution in [2.75, 3.05) is 39.5 Å². The second-order valence-corrected chi connectivity index (χ2v) is 14.5. The van der Waals surface area contributed by atoms with Gasteiger partial charge in [-0.25, -0.2) is 10.0 Å². The van der Waals surface area contributed by atoms with Crippen molar-refractivity contribution in [3.63, 3.8) is 0 Å². The SMILES string of the molecule is CC(C)(C)OC(=O)N[C@@H](Cc1ccccc1)[C@@H](O)C[C@@H](Cc1ccc(OCC[N+]2(O)CCOCC2)cc1)C(=O)N[C@H]1c2ccccc2C[C@H]1O. The monoisotopic (exact) mass is 690 g/mol. The van der Waals surface area contributed by atoms with Crippen molar-refractivity contribution >= 4 is 12.0 Å². The fourth-order valence-corrected chi connectivity index (χ4v) is 6.61. The van der Waals surface area contributed by atoms with Crippen molar-refractivity contribution in [3.8, 4) is 5.75 Å². The van der Waals surface area contributed by atoms with E-state index in [0.717, 1.165) is 22.3 Å². The molecular weight excluding hydrogens is 638 g/mol. The lowest BCUT2D eigenvalue weighted by Gasteiger charge is -2.33. The van der Waals surface area contributed by atoms with Crippen molar-refractivity contribution in [2.45, 2.75) is 76.3 Å². The predicted molar refractivity (Wildman–Crippen MR) is 188 cm³/mol. The molecule has 3 aromatic carbocycles. The molecular formula is C39H52N3O8+. The third-order valence-corrected chi connectivity index (χ3v) is 9.35. The number of quaternary nitrogens is 1. The van der Waals surface area contributed by atoms with Gasteiger partial charge < -0.3 is 35.1 Å². The molecule has 0 radical (unpaired) electrons. The average Bonchev–Trinajstić information content (AvgIpc) is 3.39. The van der Waals surface area contributed by atoms with Crippen LogP contribution in [-0.4, -0.2) is 95.4 Å². The van der Waals surface area contributed by atoms with E-state index in [9.17, 15) is 25.0 Å². The Balaban J connectivity index is 1.31. The first-order valence-corrected chi connectivity index (χ1v) is 17.5. The molecule has 1 aliphatic heterocycles. The van der Waals surface area contributed by atoms with Gasteiger partial charge in [0.2, 0.25) is 5.91 Å². The minimum Gasteiger partial charge on any atom is -0.488 e. The number of carbonyl (C=O) groups is 2. The highest BCUT2D eigenvalue weighted by Crippen LogP contribution is 2.32. The molecule has 270 valence electrons. The summed E-state index contributed by atoms with van der Waals surface area (Å²) in [7, 11) is 0. The maximum absolute atomic E-state index is 14.1. The normalized spacial score (nSPS) is 20.2. The number of ether oxygens (including phenoxy) is 3. The van der Waals surface area contributed by atoms with Crippen molar-refractivity contribution in [1.82, 2.24) is 10.6 Å². The van der Waals surface area contributed by atoms with E-state index in [1.54, 1.807) is 20.8 Å². The number of hydrogen-bond donors (Lipinski definition) is 5. The molecule has 5 N–H and O–H groups in total. The zero-order valence-corrected chi connectivity index (χ0v) is 29.3.